The molecule has 0 radical (unpaired) electrons. The van der Waals surface area contributed by atoms with Gasteiger partial charge in [0.05, 0.1) is 0 Å². The van der Waals surface area contributed by atoms with Gasteiger partial charge in [-0.05, 0) is 35.7 Å². The van der Waals surface area contributed by atoms with E-state index in [1.807, 2.05) is 6.07 Å². The first-order valence-corrected chi connectivity index (χ1v) is 6.63. The number of thioether (sulfide) groups is 1. The summed E-state index contributed by atoms with van der Waals surface area (Å²) in [7, 11) is 0. The average Bonchev–Trinajstić information content (AvgIpc) is 2.25. The molecule has 0 saturated heterocycles. The molecule has 3 nitrogen and oxygen atoms in total. The average molecular weight is 286 g/mol. The lowest BCUT2D eigenvalue weighted by Gasteiger charge is -2.02. The van der Waals surface area contributed by atoms with E-state index in [-0.39, 0.29) is 10.6 Å². The van der Waals surface area contributed by atoms with Crippen LogP contribution in [-0.4, -0.2) is 15.0 Å². The highest BCUT2D eigenvalue weighted by Gasteiger charge is 2.04. The Morgan fingerprint density at radius 2 is 1.82 bits per heavy atom. The zero-order chi connectivity index (χ0) is 12.3. The third-order valence-electron chi connectivity index (χ3n) is 2.01. The topological polar surface area (TPSA) is 38.7 Å². The first-order chi connectivity index (χ1) is 8.13. The molecule has 0 fully saturated rings. The zero-order valence-corrected chi connectivity index (χ0v) is 11.4. The van der Waals surface area contributed by atoms with Gasteiger partial charge in [0.25, 0.3) is 0 Å². The molecule has 2 aromatic rings. The number of benzene rings is 1. The Balaban J connectivity index is 2.07. The molecular weight excluding hydrogens is 277 g/mol. The largest absolute Gasteiger partial charge is 0.227 e. The van der Waals surface area contributed by atoms with Crippen molar-refractivity contribution in [1.29, 1.82) is 0 Å². The maximum Gasteiger partial charge on any atom is 0.227 e. The van der Waals surface area contributed by atoms with Crippen LogP contribution in [0.15, 0.2) is 29.4 Å². The summed E-state index contributed by atoms with van der Waals surface area (Å²) < 4.78 is 0. The van der Waals surface area contributed by atoms with Crippen molar-refractivity contribution in [3.8, 4) is 0 Å². The van der Waals surface area contributed by atoms with Crippen molar-refractivity contribution in [2.75, 3.05) is 0 Å². The Labute approximate surface area is 114 Å². The van der Waals surface area contributed by atoms with Crippen LogP contribution in [0.1, 0.15) is 11.1 Å². The van der Waals surface area contributed by atoms with Crippen molar-refractivity contribution in [2.45, 2.75) is 17.8 Å². The minimum absolute atomic E-state index is 0.122. The van der Waals surface area contributed by atoms with Crippen molar-refractivity contribution in [3.05, 3.63) is 46.0 Å². The molecule has 0 unspecified atom stereocenters. The summed E-state index contributed by atoms with van der Waals surface area (Å²) in [5.74, 6) is 0.776. The van der Waals surface area contributed by atoms with Gasteiger partial charge in [0.15, 0.2) is 5.16 Å². The van der Waals surface area contributed by atoms with Gasteiger partial charge in [0, 0.05) is 5.75 Å². The zero-order valence-electron chi connectivity index (χ0n) is 9.02. The molecule has 0 aliphatic carbocycles. The standard InChI is InChI=1S/C11H9Cl2N3S/c1-7-3-2-4-8(5-7)6-17-11-15-9(12)14-10(13)16-11/h2-5H,6H2,1H3. The highest BCUT2D eigenvalue weighted by Crippen LogP contribution is 2.21. The molecule has 0 spiro atoms. The molecule has 6 heteroatoms. The molecular formula is C11H9Cl2N3S. The fourth-order valence-corrected chi connectivity index (χ4v) is 2.56. The monoisotopic (exact) mass is 285 g/mol. The lowest BCUT2D eigenvalue weighted by Crippen LogP contribution is -1.92. The number of rotatable bonds is 3. The number of hydrogen-bond acceptors (Lipinski definition) is 4. The van der Waals surface area contributed by atoms with E-state index < -0.39 is 0 Å². The van der Waals surface area contributed by atoms with Crippen molar-refractivity contribution in [1.82, 2.24) is 15.0 Å². The van der Waals surface area contributed by atoms with Gasteiger partial charge in [-0.15, -0.1) is 0 Å². The molecule has 1 aromatic heterocycles. The molecule has 0 bridgehead atoms. The molecule has 1 aromatic carbocycles. The third-order valence-corrected chi connectivity index (χ3v) is 3.27. The number of nitrogens with zero attached hydrogens (tertiary/aromatic N) is 3. The minimum Gasteiger partial charge on any atom is -0.192 e. The van der Waals surface area contributed by atoms with Crippen LogP contribution in [-0.2, 0) is 5.75 Å². The highest BCUT2D eigenvalue weighted by molar-refractivity contribution is 7.98. The lowest BCUT2D eigenvalue weighted by atomic mass is 10.2. The second-order valence-corrected chi connectivity index (χ2v) is 5.05. The number of aromatic nitrogens is 3. The molecule has 0 saturated carbocycles. The van der Waals surface area contributed by atoms with E-state index in [1.165, 1.54) is 22.9 Å². The van der Waals surface area contributed by atoms with Crippen LogP contribution in [0.25, 0.3) is 0 Å². The molecule has 0 amide bonds. The Morgan fingerprint density at radius 3 is 2.47 bits per heavy atom. The van der Waals surface area contributed by atoms with Gasteiger partial charge in [-0.25, -0.2) is 0 Å². The number of hydrogen-bond donors (Lipinski definition) is 0. The van der Waals surface area contributed by atoms with Crippen LogP contribution in [0.4, 0.5) is 0 Å². The molecule has 0 aliphatic heterocycles. The van der Waals surface area contributed by atoms with E-state index in [9.17, 15) is 0 Å². The summed E-state index contributed by atoms with van der Waals surface area (Å²) in [5, 5.41) is 0.782. The van der Waals surface area contributed by atoms with Crippen molar-refractivity contribution < 1.29 is 0 Å². The van der Waals surface area contributed by atoms with Crippen LogP contribution in [0.5, 0.6) is 0 Å². The molecule has 1 heterocycles. The van der Waals surface area contributed by atoms with E-state index in [1.54, 1.807) is 0 Å². The van der Waals surface area contributed by atoms with Crippen molar-refractivity contribution in [3.63, 3.8) is 0 Å². The molecule has 0 N–H and O–H groups in total. The summed E-state index contributed by atoms with van der Waals surface area (Å²) in [6.45, 7) is 2.06. The van der Waals surface area contributed by atoms with Gasteiger partial charge < -0.3 is 0 Å². The molecule has 2 rings (SSSR count). The van der Waals surface area contributed by atoms with Crippen LogP contribution in [0, 0.1) is 6.92 Å². The highest BCUT2D eigenvalue weighted by atomic mass is 35.5. The Bertz CT molecular complexity index is 514. The summed E-state index contributed by atoms with van der Waals surface area (Å²) in [4.78, 5) is 11.7. The van der Waals surface area contributed by atoms with Crippen LogP contribution in [0.2, 0.25) is 10.6 Å². The second-order valence-electron chi connectivity index (χ2n) is 3.43. The fourth-order valence-electron chi connectivity index (χ4n) is 1.32. The summed E-state index contributed by atoms with van der Waals surface area (Å²) in [6.07, 6.45) is 0. The molecule has 88 valence electrons. The minimum atomic E-state index is 0.122. The Kier molecular flexibility index (Phi) is 4.20. The summed E-state index contributed by atoms with van der Waals surface area (Å²) in [5.41, 5.74) is 2.44. The van der Waals surface area contributed by atoms with Crippen molar-refractivity contribution in [2.24, 2.45) is 0 Å². The summed E-state index contributed by atoms with van der Waals surface area (Å²) >= 11 is 12.9. The first kappa shape index (κ1) is 12.6. The molecule has 0 atom stereocenters. The third kappa shape index (κ3) is 3.84. The van der Waals surface area contributed by atoms with Gasteiger partial charge in [-0.3, -0.25) is 0 Å². The van der Waals surface area contributed by atoms with Crippen LogP contribution in [0.3, 0.4) is 0 Å². The molecule has 0 aliphatic rings. The molecule has 17 heavy (non-hydrogen) atoms. The van der Waals surface area contributed by atoms with Crippen LogP contribution < -0.4 is 0 Å². The van der Waals surface area contributed by atoms with E-state index in [0.29, 0.717) is 5.16 Å². The maximum atomic E-state index is 5.70. The second kappa shape index (κ2) is 5.67. The fraction of sp³-hybridized carbons (Fsp3) is 0.182. The predicted octanol–water partition coefficient (Wildman–Crippen LogP) is 3.78. The lowest BCUT2D eigenvalue weighted by molar-refractivity contribution is 0.903. The summed E-state index contributed by atoms with van der Waals surface area (Å²) in [6, 6.07) is 8.27. The number of aryl methyl sites for hydroxylation is 1. The van der Waals surface area contributed by atoms with Crippen molar-refractivity contribution >= 4 is 35.0 Å². The van der Waals surface area contributed by atoms with Gasteiger partial charge in [-0.1, -0.05) is 41.6 Å². The Hall–Kier alpha value is -0.840. The van der Waals surface area contributed by atoms with Gasteiger partial charge >= 0.3 is 0 Å². The SMILES string of the molecule is Cc1cccc(CSc2nc(Cl)nc(Cl)n2)c1. The van der Waals surface area contributed by atoms with E-state index in [2.05, 4.69) is 40.1 Å². The smallest absolute Gasteiger partial charge is 0.192 e. The predicted molar refractivity (Wildman–Crippen MR) is 70.6 cm³/mol. The Morgan fingerprint density at radius 1 is 1.12 bits per heavy atom. The van der Waals surface area contributed by atoms with Gasteiger partial charge in [0.1, 0.15) is 0 Å². The van der Waals surface area contributed by atoms with Gasteiger partial charge in [-0.2, -0.15) is 15.0 Å². The maximum absolute atomic E-state index is 5.70. The van der Waals surface area contributed by atoms with Crippen LogP contribution >= 0.6 is 35.0 Å². The van der Waals surface area contributed by atoms with E-state index in [0.717, 1.165) is 5.75 Å². The quantitative estimate of drug-likeness (QED) is 0.805. The van der Waals surface area contributed by atoms with E-state index >= 15 is 0 Å². The van der Waals surface area contributed by atoms with Gasteiger partial charge in [0.2, 0.25) is 10.6 Å². The normalized spacial score (nSPS) is 10.5. The first-order valence-electron chi connectivity index (χ1n) is 4.89. The van der Waals surface area contributed by atoms with E-state index in [4.69, 9.17) is 23.2 Å². The number of halogens is 2.